The monoisotopic (exact) mass is 400 g/mol. The van der Waals surface area contributed by atoms with Crippen LogP contribution in [0.15, 0.2) is 34.9 Å². The van der Waals surface area contributed by atoms with E-state index in [0.717, 1.165) is 24.6 Å². The maximum atomic E-state index is 12.6. The fourth-order valence-electron chi connectivity index (χ4n) is 2.80. The summed E-state index contributed by atoms with van der Waals surface area (Å²) in [6.45, 7) is 5.17. The number of nitrogens with zero attached hydrogens (tertiary/aromatic N) is 2. The van der Waals surface area contributed by atoms with Crippen LogP contribution in [0.1, 0.15) is 37.0 Å². The van der Waals surface area contributed by atoms with E-state index in [0.29, 0.717) is 35.9 Å². The lowest BCUT2D eigenvalue weighted by atomic mass is 10.1. The van der Waals surface area contributed by atoms with Crippen LogP contribution in [0.4, 0.5) is 5.69 Å². The van der Waals surface area contributed by atoms with Crippen LogP contribution in [0.5, 0.6) is 0 Å². The number of hydrogen-bond acceptors (Lipinski definition) is 6. The Morgan fingerprint density at radius 3 is 2.57 bits per heavy atom. The number of thioether (sulfide) groups is 1. The number of hydrogen-bond donors (Lipinski definition) is 2. The van der Waals surface area contributed by atoms with Crippen molar-refractivity contribution in [3.05, 3.63) is 40.4 Å². The molecule has 0 atom stereocenters. The third kappa shape index (κ3) is 5.86. The molecule has 2 rings (SSSR count). The normalized spacial score (nSPS) is 14.1. The second kappa shape index (κ2) is 10.5. The summed E-state index contributed by atoms with van der Waals surface area (Å²) in [5.41, 5.74) is 1.09. The Morgan fingerprint density at radius 2 is 1.96 bits per heavy atom. The summed E-state index contributed by atoms with van der Waals surface area (Å²) < 4.78 is 0. The Hall–Kier alpha value is -2.79. The summed E-state index contributed by atoms with van der Waals surface area (Å²) in [5.74, 6) is -0.627. The molecule has 0 aromatic heterocycles. The minimum atomic E-state index is -0.294. The van der Waals surface area contributed by atoms with Crippen LogP contribution in [-0.4, -0.2) is 47.9 Å². The van der Waals surface area contributed by atoms with E-state index >= 15 is 0 Å². The summed E-state index contributed by atoms with van der Waals surface area (Å²) in [6, 6.07) is 8.69. The van der Waals surface area contributed by atoms with Crippen LogP contribution in [0, 0.1) is 11.3 Å². The Bertz CT molecular complexity index is 823. The number of nitrogens with one attached hydrogen (secondary N) is 2. The highest BCUT2D eigenvalue weighted by atomic mass is 32.2. The van der Waals surface area contributed by atoms with Crippen LogP contribution < -0.4 is 10.6 Å². The van der Waals surface area contributed by atoms with Crippen LogP contribution >= 0.6 is 11.8 Å². The van der Waals surface area contributed by atoms with Crippen molar-refractivity contribution in [2.24, 2.45) is 0 Å². The molecule has 148 valence electrons. The number of carbonyl (C=O) groups excluding carboxylic acids is 3. The fraction of sp³-hybridized carbons (Fsp3) is 0.400. The lowest BCUT2D eigenvalue weighted by Crippen LogP contribution is -2.31. The maximum absolute atomic E-state index is 12.6. The third-order valence-electron chi connectivity index (χ3n) is 4.18. The Morgan fingerprint density at radius 1 is 1.25 bits per heavy atom. The Kier molecular flexibility index (Phi) is 8.08. The van der Waals surface area contributed by atoms with Gasteiger partial charge in [0.2, 0.25) is 5.91 Å². The number of likely N-dealkylation sites (tertiary alicyclic amines) is 1. The van der Waals surface area contributed by atoms with Crippen molar-refractivity contribution >= 4 is 35.0 Å². The van der Waals surface area contributed by atoms with Crippen LogP contribution in [-0.2, 0) is 9.59 Å². The van der Waals surface area contributed by atoms with Crippen LogP contribution in [0.3, 0.4) is 0 Å². The van der Waals surface area contributed by atoms with E-state index in [2.05, 4.69) is 10.6 Å². The first-order valence-corrected chi connectivity index (χ1v) is 10.2. The van der Waals surface area contributed by atoms with Gasteiger partial charge in [-0.05, 0) is 38.8 Å². The number of amides is 2. The average Bonchev–Trinajstić information content (AvgIpc) is 3.21. The molecule has 2 N–H and O–H groups in total. The molecule has 0 bridgehead atoms. The van der Waals surface area contributed by atoms with E-state index in [4.69, 9.17) is 0 Å². The highest BCUT2D eigenvalue weighted by Crippen LogP contribution is 2.21. The van der Waals surface area contributed by atoms with Crippen molar-refractivity contribution in [1.29, 1.82) is 5.26 Å². The van der Waals surface area contributed by atoms with Crippen molar-refractivity contribution in [2.45, 2.75) is 26.7 Å². The van der Waals surface area contributed by atoms with E-state index in [1.54, 1.807) is 29.2 Å². The molecule has 1 fully saturated rings. The number of Topliss-reactive ketones (excluding diaryl/α,β-unsaturated/α-hetero) is 1. The molecule has 8 heteroatoms. The lowest BCUT2D eigenvalue weighted by molar-refractivity contribution is -0.125. The second-order valence-electron chi connectivity index (χ2n) is 6.32. The van der Waals surface area contributed by atoms with Gasteiger partial charge < -0.3 is 15.5 Å². The van der Waals surface area contributed by atoms with Gasteiger partial charge in [0.05, 0.1) is 10.8 Å². The zero-order chi connectivity index (χ0) is 20.5. The molecule has 1 heterocycles. The number of nitriles is 1. The van der Waals surface area contributed by atoms with Gasteiger partial charge in [-0.2, -0.15) is 5.26 Å². The molecule has 1 aliphatic rings. The van der Waals surface area contributed by atoms with Gasteiger partial charge in [0.25, 0.3) is 5.91 Å². The molecule has 1 saturated heterocycles. The number of rotatable bonds is 8. The van der Waals surface area contributed by atoms with Gasteiger partial charge in [0.15, 0.2) is 5.78 Å². The van der Waals surface area contributed by atoms with Crippen LogP contribution in [0.2, 0.25) is 0 Å². The van der Waals surface area contributed by atoms with Crippen molar-refractivity contribution in [2.75, 3.05) is 30.7 Å². The lowest BCUT2D eigenvalue weighted by Gasteiger charge is -2.17. The SMILES string of the molecule is CCNC(SCC(=O)Nc1cccc(C(C)=O)c1)=C(C#N)C(=O)N1CCCC1. The quantitative estimate of drug-likeness (QED) is 0.395. The van der Waals surface area contributed by atoms with Gasteiger partial charge in [0.1, 0.15) is 11.6 Å². The van der Waals surface area contributed by atoms with E-state index < -0.39 is 0 Å². The zero-order valence-corrected chi connectivity index (χ0v) is 16.9. The molecule has 0 saturated carbocycles. The highest BCUT2D eigenvalue weighted by Gasteiger charge is 2.25. The molecule has 2 amide bonds. The minimum Gasteiger partial charge on any atom is -0.379 e. The Labute approximate surface area is 169 Å². The number of benzene rings is 1. The second-order valence-corrected chi connectivity index (χ2v) is 7.31. The van der Waals surface area contributed by atoms with Gasteiger partial charge in [-0.25, -0.2) is 0 Å². The summed E-state index contributed by atoms with van der Waals surface area (Å²) >= 11 is 1.12. The van der Waals surface area contributed by atoms with Crippen molar-refractivity contribution < 1.29 is 14.4 Å². The van der Waals surface area contributed by atoms with Crippen molar-refractivity contribution in [3.8, 4) is 6.07 Å². The Balaban J connectivity index is 2.06. The smallest absolute Gasteiger partial charge is 0.267 e. The molecule has 7 nitrogen and oxygen atoms in total. The molecular formula is C20H24N4O3S. The molecular weight excluding hydrogens is 376 g/mol. The first-order chi connectivity index (χ1) is 13.5. The standard InChI is InChI=1S/C20H24N4O3S/c1-3-22-19(17(12-21)20(27)24-9-4-5-10-24)28-13-18(26)23-16-8-6-7-15(11-16)14(2)25/h6-8,11,22H,3-5,9-10,13H2,1-2H3,(H,23,26). The van der Waals surface area contributed by atoms with E-state index in [9.17, 15) is 19.6 Å². The van der Waals surface area contributed by atoms with E-state index in [1.165, 1.54) is 6.92 Å². The van der Waals surface area contributed by atoms with Gasteiger partial charge in [-0.1, -0.05) is 23.9 Å². The van der Waals surface area contributed by atoms with Gasteiger partial charge >= 0.3 is 0 Å². The molecule has 0 radical (unpaired) electrons. The number of anilines is 1. The predicted octanol–water partition coefficient (Wildman–Crippen LogP) is 2.53. The average molecular weight is 401 g/mol. The molecule has 1 aromatic rings. The summed E-state index contributed by atoms with van der Waals surface area (Å²) in [5, 5.41) is 15.7. The molecule has 0 aliphatic carbocycles. The minimum absolute atomic E-state index is 0.0328. The molecule has 1 aromatic carbocycles. The fourth-order valence-corrected chi connectivity index (χ4v) is 3.67. The van der Waals surface area contributed by atoms with E-state index in [1.807, 2.05) is 13.0 Å². The van der Waals surface area contributed by atoms with Gasteiger partial charge in [-0.15, -0.1) is 0 Å². The van der Waals surface area contributed by atoms with E-state index in [-0.39, 0.29) is 28.9 Å². The van der Waals surface area contributed by atoms with Gasteiger partial charge in [-0.3, -0.25) is 14.4 Å². The largest absolute Gasteiger partial charge is 0.379 e. The van der Waals surface area contributed by atoms with Crippen molar-refractivity contribution in [3.63, 3.8) is 0 Å². The number of ketones is 1. The highest BCUT2D eigenvalue weighted by molar-refractivity contribution is 8.03. The van der Waals surface area contributed by atoms with Crippen LogP contribution in [0.25, 0.3) is 0 Å². The zero-order valence-electron chi connectivity index (χ0n) is 16.1. The number of carbonyl (C=O) groups is 3. The first kappa shape index (κ1) is 21.5. The van der Waals surface area contributed by atoms with Crippen molar-refractivity contribution in [1.82, 2.24) is 10.2 Å². The molecule has 0 unspecified atom stereocenters. The van der Waals surface area contributed by atoms with Gasteiger partial charge in [0, 0.05) is 30.9 Å². The molecule has 1 aliphatic heterocycles. The third-order valence-corrected chi connectivity index (χ3v) is 5.23. The molecule has 28 heavy (non-hydrogen) atoms. The topological polar surface area (TPSA) is 102 Å². The maximum Gasteiger partial charge on any atom is 0.267 e. The summed E-state index contributed by atoms with van der Waals surface area (Å²) in [7, 11) is 0. The summed E-state index contributed by atoms with van der Waals surface area (Å²) in [4.78, 5) is 38.0. The predicted molar refractivity (Wildman–Crippen MR) is 110 cm³/mol. The summed E-state index contributed by atoms with van der Waals surface area (Å²) in [6.07, 6.45) is 1.88. The first-order valence-electron chi connectivity index (χ1n) is 9.17. The molecule has 0 spiro atoms.